The summed E-state index contributed by atoms with van der Waals surface area (Å²) in [6, 6.07) is 14.0. The minimum absolute atomic E-state index is 0.0257. The summed E-state index contributed by atoms with van der Waals surface area (Å²) in [5, 5.41) is 1.93. The molecule has 31 heavy (non-hydrogen) atoms. The summed E-state index contributed by atoms with van der Waals surface area (Å²) in [5.41, 5.74) is -2.07. The predicted octanol–water partition coefficient (Wildman–Crippen LogP) is 4.22. The van der Waals surface area contributed by atoms with E-state index in [-0.39, 0.29) is 17.4 Å². The number of nitrogens with one attached hydrogen (secondary N) is 1. The molecule has 0 spiro atoms. The third-order valence-electron chi connectivity index (χ3n) is 5.77. The zero-order valence-corrected chi connectivity index (χ0v) is 16.9. The Balaban J connectivity index is 1.80. The molecule has 1 N–H and O–H groups in total. The molecular formula is C23H22F3N3O2. The van der Waals surface area contributed by atoms with Crippen LogP contribution in [0, 0.1) is 6.92 Å². The minimum Gasteiger partial charge on any atom is -0.312 e. The second-order valence-electron chi connectivity index (χ2n) is 7.94. The second kappa shape index (κ2) is 7.83. The third kappa shape index (κ3) is 3.71. The Hall–Kier alpha value is -3.16. The highest BCUT2D eigenvalue weighted by Gasteiger charge is 2.68. The van der Waals surface area contributed by atoms with Crippen LogP contribution in [0.1, 0.15) is 47.2 Å². The van der Waals surface area contributed by atoms with Gasteiger partial charge in [-0.3, -0.25) is 14.5 Å². The number of hydrogen-bond acceptors (Lipinski definition) is 3. The highest BCUT2D eigenvalue weighted by molar-refractivity contribution is 6.17. The molecule has 0 bridgehead atoms. The van der Waals surface area contributed by atoms with E-state index in [4.69, 9.17) is 0 Å². The number of aryl methyl sites for hydroxylation is 1. The number of halogens is 3. The first-order valence-electron chi connectivity index (χ1n) is 10.2. The summed E-state index contributed by atoms with van der Waals surface area (Å²) in [5.74, 6) is -2.32. The number of rotatable bonds is 4. The van der Waals surface area contributed by atoms with Gasteiger partial charge in [0, 0.05) is 17.2 Å². The van der Waals surface area contributed by atoms with Crippen LogP contribution in [0.3, 0.4) is 0 Å². The van der Waals surface area contributed by atoms with Crippen molar-refractivity contribution < 1.29 is 22.8 Å². The molecule has 2 amide bonds. The van der Waals surface area contributed by atoms with Crippen LogP contribution in [-0.2, 0) is 4.79 Å². The maximum absolute atomic E-state index is 14.4. The molecule has 0 radical (unpaired) electrons. The van der Waals surface area contributed by atoms with Crippen LogP contribution in [-0.4, -0.2) is 40.4 Å². The molecule has 1 fully saturated rings. The lowest BCUT2D eigenvalue weighted by Crippen LogP contribution is -2.64. The zero-order chi connectivity index (χ0) is 22.2. The number of amides is 2. The largest absolute Gasteiger partial charge is 0.442 e. The Labute approximate surface area is 178 Å². The van der Waals surface area contributed by atoms with E-state index in [0.29, 0.717) is 18.4 Å². The van der Waals surface area contributed by atoms with Crippen molar-refractivity contribution in [3.8, 4) is 0 Å². The Morgan fingerprint density at radius 1 is 1.06 bits per heavy atom. The smallest absolute Gasteiger partial charge is 0.312 e. The second-order valence-corrected chi connectivity index (χ2v) is 7.94. The lowest BCUT2D eigenvalue weighted by molar-refractivity contribution is -0.196. The molecule has 2 aliphatic rings. The molecule has 2 aromatic rings. The van der Waals surface area contributed by atoms with Crippen molar-refractivity contribution in [3.63, 3.8) is 0 Å². The van der Waals surface area contributed by atoms with E-state index in [1.165, 1.54) is 12.1 Å². The number of amidine groups is 1. The average molecular weight is 429 g/mol. The highest BCUT2D eigenvalue weighted by Crippen LogP contribution is 2.41. The Bertz CT molecular complexity index is 1010. The SMILES string of the molecule is Cc1ccc(C(=O)NC2(C(F)(F)F)N=C(c3ccccc3)N(C3CCCC3)C2=O)cc1. The maximum atomic E-state index is 14.4. The number of nitrogens with zero attached hydrogens (tertiary/aromatic N) is 2. The van der Waals surface area contributed by atoms with Gasteiger partial charge in [-0.1, -0.05) is 60.9 Å². The van der Waals surface area contributed by atoms with E-state index in [1.807, 2.05) is 5.32 Å². The number of benzene rings is 2. The molecule has 5 nitrogen and oxygen atoms in total. The number of aliphatic imine (C=N–C) groups is 1. The van der Waals surface area contributed by atoms with E-state index < -0.39 is 23.7 Å². The Morgan fingerprint density at radius 2 is 1.68 bits per heavy atom. The van der Waals surface area contributed by atoms with Gasteiger partial charge >= 0.3 is 11.8 Å². The van der Waals surface area contributed by atoms with Crippen LogP contribution in [0.5, 0.6) is 0 Å². The fourth-order valence-electron chi connectivity index (χ4n) is 4.10. The van der Waals surface area contributed by atoms with Crippen molar-refractivity contribution in [1.82, 2.24) is 10.2 Å². The molecule has 1 aliphatic carbocycles. The molecule has 1 aliphatic heterocycles. The average Bonchev–Trinajstić information content (AvgIpc) is 3.36. The first kappa shape index (κ1) is 21.1. The maximum Gasteiger partial charge on any atom is 0.442 e. The van der Waals surface area contributed by atoms with Crippen LogP contribution in [0.4, 0.5) is 13.2 Å². The highest BCUT2D eigenvalue weighted by atomic mass is 19.4. The van der Waals surface area contributed by atoms with Crippen molar-refractivity contribution >= 4 is 17.6 Å². The van der Waals surface area contributed by atoms with Gasteiger partial charge < -0.3 is 5.32 Å². The van der Waals surface area contributed by atoms with Crippen molar-refractivity contribution in [2.45, 2.75) is 50.5 Å². The van der Waals surface area contributed by atoms with Crippen LogP contribution >= 0.6 is 0 Å². The number of hydrogen-bond donors (Lipinski definition) is 1. The number of carbonyl (C=O) groups excluding carboxylic acids is 2. The number of carbonyl (C=O) groups is 2. The Morgan fingerprint density at radius 3 is 2.26 bits per heavy atom. The van der Waals surface area contributed by atoms with Crippen molar-refractivity contribution in [1.29, 1.82) is 0 Å². The van der Waals surface area contributed by atoms with E-state index in [2.05, 4.69) is 4.99 Å². The van der Waals surface area contributed by atoms with Gasteiger partial charge in [-0.05, 0) is 31.9 Å². The fourth-order valence-corrected chi connectivity index (χ4v) is 4.10. The summed E-state index contributed by atoms with van der Waals surface area (Å²) < 4.78 is 43.2. The summed E-state index contributed by atoms with van der Waals surface area (Å²) in [7, 11) is 0. The first-order valence-corrected chi connectivity index (χ1v) is 10.2. The quantitative estimate of drug-likeness (QED) is 0.791. The summed E-state index contributed by atoms with van der Waals surface area (Å²) in [6.07, 6.45) is -2.27. The van der Waals surface area contributed by atoms with Crippen LogP contribution in [0.15, 0.2) is 59.6 Å². The van der Waals surface area contributed by atoms with Gasteiger partial charge in [0.25, 0.3) is 11.8 Å². The van der Waals surface area contributed by atoms with E-state index >= 15 is 0 Å². The van der Waals surface area contributed by atoms with Gasteiger partial charge in [0.05, 0.1) is 0 Å². The molecule has 1 atom stereocenters. The molecule has 1 unspecified atom stereocenters. The lowest BCUT2D eigenvalue weighted by Gasteiger charge is -2.31. The van der Waals surface area contributed by atoms with Crippen molar-refractivity contribution in [2.24, 2.45) is 4.99 Å². The summed E-state index contributed by atoms with van der Waals surface area (Å²) >= 11 is 0. The molecule has 8 heteroatoms. The molecule has 2 aromatic carbocycles. The van der Waals surface area contributed by atoms with Gasteiger partial charge in [0.2, 0.25) is 0 Å². The van der Waals surface area contributed by atoms with Crippen LogP contribution in [0.25, 0.3) is 0 Å². The van der Waals surface area contributed by atoms with Crippen molar-refractivity contribution in [2.75, 3.05) is 0 Å². The fraction of sp³-hybridized carbons (Fsp3) is 0.348. The van der Waals surface area contributed by atoms with Gasteiger partial charge in [-0.25, -0.2) is 4.99 Å². The predicted molar refractivity (Wildman–Crippen MR) is 110 cm³/mol. The zero-order valence-electron chi connectivity index (χ0n) is 16.9. The molecule has 1 heterocycles. The van der Waals surface area contributed by atoms with Gasteiger partial charge in [0.15, 0.2) is 0 Å². The minimum atomic E-state index is -5.11. The third-order valence-corrected chi connectivity index (χ3v) is 5.77. The first-order chi connectivity index (χ1) is 14.7. The van der Waals surface area contributed by atoms with Gasteiger partial charge in [0.1, 0.15) is 5.84 Å². The van der Waals surface area contributed by atoms with E-state index in [0.717, 1.165) is 23.3 Å². The van der Waals surface area contributed by atoms with Crippen molar-refractivity contribution in [3.05, 3.63) is 71.3 Å². The molecule has 0 aromatic heterocycles. The van der Waals surface area contributed by atoms with Gasteiger partial charge in [-0.2, -0.15) is 13.2 Å². The van der Waals surface area contributed by atoms with E-state index in [1.54, 1.807) is 49.4 Å². The molecule has 0 saturated heterocycles. The normalized spacial score (nSPS) is 22.0. The Kier molecular flexibility index (Phi) is 5.33. The van der Waals surface area contributed by atoms with Crippen LogP contribution in [0.2, 0.25) is 0 Å². The molecule has 1 saturated carbocycles. The number of alkyl halides is 3. The summed E-state index contributed by atoms with van der Waals surface area (Å²) in [6.45, 7) is 1.80. The van der Waals surface area contributed by atoms with Gasteiger partial charge in [-0.15, -0.1) is 0 Å². The molecular weight excluding hydrogens is 407 g/mol. The monoisotopic (exact) mass is 429 g/mol. The van der Waals surface area contributed by atoms with Crippen LogP contribution < -0.4 is 5.32 Å². The standard InChI is InChI=1S/C23H22F3N3O2/c1-15-11-13-17(14-12-15)20(30)28-22(23(24,25)26)21(31)29(18-9-5-6-10-18)19(27-22)16-7-3-2-4-8-16/h2-4,7-8,11-14,18H,5-6,9-10H2,1H3,(H,28,30). The summed E-state index contributed by atoms with van der Waals surface area (Å²) in [4.78, 5) is 31.1. The molecule has 162 valence electrons. The van der Waals surface area contributed by atoms with E-state index in [9.17, 15) is 22.8 Å². The topological polar surface area (TPSA) is 61.8 Å². The molecule has 4 rings (SSSR count). The lowest BCUT2D eigenvalue weighted by atomic mass is 10.1.